The molecule has 0 radical (unpaired) electrons. The largest absolute Gasteiger partial charge is 0.351 e. The number of hydrogen-bond donors (Lipinski definition) is 3. The molecule has 0 saturated carbocycles. The number of nitrogens with zero attached hydrogens (tertiary/aromatic N) is 2. The topological polar surface area (TPSA) is 102 Å². The Bertz CT molecular complexity index is 918. The van der Waals surface area contributed by atoms with Crippen LogP contribution in [0.2, 0.25) is 0 Å². The molecule has 0 atom stereocenters. The molecular weight excluding hydrogens is 318 g/mol. The second-order valence-electron chi connectivity index (χ2n) is 5.42. The van der Waals surface area contributed by atoms with Gasteiger partial charge < -0.3 is 16.4 Å². The van der Waals surface area contributed by atoms with Crippen molar-refractivity contribution in [2.75, 3.05) is 10.6 Å². The highest BCUT2D eigenvalue weighted by Gasteiger charge is 2.15. The first-order valence-electron chi connectivity index (χ1n) is 7.62. The van der Waals surface area contributed by atoms with E-state index >= 15 is 0 Å². The Labute approximate surface area is 144 Å². The smallest absolute Gasteiger partial charge is 0.316 e. The van der Waals surface area contributed by atoms with E-state index in [-0.39, 0.29) is 5.91 Å². The van der Waals surface area contributed by atoms with Gasteiger partial charge in [-0.15, -0.1) is 0 Å². The zero-order chi connectivity index (χ0) is 17.8. The molecule has 25 heavy (non-hydrogen) atoms. The lowest BCUT2D eigenvalue weighted by Crippen LogP contribution is -2.19. The van der Waals surface area contributed by atoms with Crippen molar-refractivity contribution in [1.29, 1.82) is 0 Å². The first-order chi connectivity index (χ1) is 12.0. The van der Waals surface area contributed by atoms with Crippen molar-refractivity contribution in [2.24, 2.45) is 5.73 Å². The molecule has 4 N–H and O–H groups in total. The number of para-hydroxylation sites is 1. The van der Waals surface area contributed by atoms with Crippen LogP contribution in [0.5, 0.6) is 0 Å². The molecule has 126 valence electrons. The van der Waals surface area contributed by atoms with E-state index in [2.05, 4.69) is 15.7 Å². The van der Waals surface area contributed by atoms with Gasteiger partial charge in [0.2, 0.25) is 0 Å². The second-order valence-corrected chi connectivity index (χ2v) is 5.42. The maximum atomic E-state index is 12.5. The van der Waals surface area contributed by atoms with E-state index in [9.17, 15) is 9.59 Å². The first-order valence-corrected chi connectivity index (χ1v) is 7.62. The standard InChI is InChI=1S/C18H17N5O2/c1-12-16(11-20-23(12)15-8-3-2-4-9-15)17(24)21-13-6-5-7-14(10-13)22-18(19)25/h2-11H,1H3,(H,21,24)(H3,19,22,25). The molecule has 3 rings (SSSR count). The van der Waals surface area contributed by atoms with Gasteiger partial charge in [-0.1, -0.05) is 24.3 Å². The minimum atomic E-state index is -0.663. The van der Waals surface area contributed by atoms with Gasteiger partial charge in [0.05, 0.1) is 23.1 Å². The van der Waals surface area contributed by atoms with E-state index in [0.717, 1.165) is 11.4 Å². The highest BCUT2D eigenvalue weighted by atomic mass is 16.2. The van der Waals surface area contributed by atoms with Gasteiger partial charge in [-0.2, -0.15) is 5.10 Å². The van der Waals surface area contributed by atoms with E-state index < -0.39 is 6.03 Å². The molecule has 0 spiro atoms. The number of hydrogen-bond acceptors (Lipinski definition) is 3. The van der Waals surface area contributed by atoms with Crippen LogP contribution < -0.4 is 16.4 Å². The Kier molecular flexibility index (Phi) is 4.47. The van der Waals surface area contributed by atoms with Crippen molar-refractivity contribution in [1.82, 2.24) is 9.78 Å². The van der Waals surface area contributed by atoms with Crippen molar-refractivity contribution in [2.45, 2.75) is 6.92 Å². The molecule has 1 aromatic heterocycles. The van der Waals surface area contributed by atoms with Crippen molar-refractivity contribution in [3.63, 3.8) is 0 Å². The second kappa shape index (κ2) is 6.88. The molecule has 7 heteroatoms. The molecule has 3 aromatic rings. The lowest BCUT2D eigenvalue weighted by atomic mass is 10.2. The number of carbonyl (C=O) groups is 2. The molecular formula is C18H17N5O2. The fourth-order valence-corrected chi connectivity index (χ4v) is 2.48. The van der Waals surface area contributed by atoms with Gasteiger partial charge in [-0.05, 0) is 37.3 Å². The van der Waals surface area contributed by atoms with Crippen LogP contribution in [0.15, 0.2) is 60.8 Å². The molecule has 0 unspecified atom stereocenters. The van der Waals surface area contributed by atoms with E-state index in [1.807, 2.05) is 37.3 Å². The number of nitrogens with two attached hydrogens (primary N) is 1. The van der Waals surface area contributed by atoms with Crippen LogP contribution in [0.4, 0.5) is 16.2 Å². The Morgan fingerprint density at radius 2 is 1.68 bits per heavy atom. The van der Waals surface area contributed by atoms with E-state index in [1.165, 1.54) is 6.20 Å². The number of carbonyl (C=O) groups excluding carboxylic acids is 2. The Morgan fingerprint density at radius 3 is 2.36 bits per heavy atom. The summed E-state index contributed by atoms with van der Waals surface area (Å²) in [5.41, 5.74) is 8.23. The van der Waals surface area contributed by atoms with Crippen molar-refractivity contribution >= 4 is 23.3 Å². The Hall–Kier alpha value is -3.61. The van der Waals surface area contributed by atoms with Crippen molar-refractivity contribution in [3.8, 4) is 5.69 Å². The number of nitrogens with one attached hydrogen (secondary N) is 2. The van der Waals surface area contributed by atoms with Gasteiger partial charge in [-0.25, -0.2) is 9.48 Å². The summed E-state index contributed by atoms with van der Waals surface area (Å²) in [4.78, 5) is 23.5. The summed E-state index contributed by atoms with van der Waals surface area (Å²) >= 11 is 0. The molecule has 0 aliphatic heterocycles. The predicted molar refractivity (Wildman–Crippen MR) is 95.9 cm³/mol. The molecule has 3 amide bonds. The fraction of sp³-hybridized carbons (Fsp3) is 0.0556. The Balaban J connectivity index is 1.81. The minimum Gasteiger partial charge on any atom is -0.351 e. The van der Waals surface area contributed by atoms with Gasteiger partial charge in [-0.3, -0.25) is 4.79 Å². The number of urea groups is 1. The number of anilines is 2. The van der Waals surface area contributed by atoms with E-state index in [4.69, 9.17) is 5.73 Å². The normalized spacial score (nSPS) is 10.3. The summed E-state index contributed by atoms with van der Waals surface area (Å²) in [6.45, 7) is 1.83. The third kappa shape index (κ3) is 3.66. The third-order valence-electron chi connectivity index (χ3n) is 3.64. The van der Waals surface area contributed by atoms with Gasteiger partial charge >= 0.3 is 6.03 Å². The molecule has 0 fully saturated rings. The quantitative estimate of drug-likeness (QED) is 0.683. The average molecular weight is 335 g/mol. The Morgan fingerprint density at radius 1 is 1.00 bits per heavy atom. The fourth-order valence-electron chi connectivity index (χ4n) is 2.48. The van der Waals surface area contributed by atoms with Gasteiger partial charge in [0, 0.05) is 11.4 Å². The summed E-state index contributed by atoms with van der Waals surface area (Å²) in [6.07, 6.45) is 1.53. The van der Waals surface area contributed by atoms with Gasteiger partial charge in [0.25, 0.3) is 5.91 Å². The van der Waals surface area contributed by atoms with Crippen LogP contribution in [-0.2, 0) is 0 Å². The number of rotatable bonds is 4. The first kappa shape index (κ1) is 16.3. The monoisotopic (exact) mass is 335 g/mol. The third-order valence-corrected chi connectivity index (χ3v) is 3.64. The maximum Gasteiger partial charge on any atom is 0.316 e. The molecule has 0 aliphatic rings. The average Bonchev–Trinajstić information content (AvgIpc) is 2.97. The molecule has 2 aromatic carbocycles. The zero-order valence-corrected chi connectivity index (χ0v) is 13.6. The molecule has 0 saturated heterocycles. The predicted octanol–water partition coefficient (Wildman–Crippen LogP) is 2.92. The van der Waals surface area contributed by atoms with Crippen LogP contribution in [0.3, 0.4) is 0 Å². The summed E-state index contributed by atoms with van der Waals surface area (Å²) in [6, 6.07) is 15.6. The van der Waals surface area contributed by atoms with Gasteiger partial charge in [0.15, 0.2) is 0 Å². The maximum absolute atomic E-state index is 12.5. The number of benzene rings is 2. The molecule has 7 nitrogen and oxygen atoms in total. The van der Waals surface area contributed by atoms with Crippen LogP contribution >= 0.6 is 0 Å². The summed E-state index contributed by atoms with van der Waals surface area (Å²) in [5.74, 6) is -0.282. The molecule has 0 aliphatic carbocycles. The highest BCUT2D eigenvalue weighted by Crippen LogP contribution is 2.18. The van der Waals surface area contributed by atoms with Crippen molar-refractivity contribution in [3.05, 3.63) is 72.1 Å². The highest BCUT2D eigenvalue weighted by molar-refractivity contribution is 6.05. The number of aromatic nitrogens is 2. The van der Waals surface area contributed by atoms with E-state index in [1.54, 1.807) is 28.9 Å². The van der Waals surface area contributed by atoms with Crippen LogP contribution in [0, 0.1) is 6.92 Å². The molecule has 0 bridgehead atoms. The summed E-state index contributed by atoms with van der Waals surface area (Å²) in [5, 5.41) is 9.55. The summed E-state index contributed by atoms with van der Waals surface area (Å²) in [7, 11) is 0. The van der Waals surface area contributed by atoms with Crippen LogP contribution in [0.1, 0.15) is 16.1 Å². The van der Waals surface area contributed by atoms with Crippen molar-refractivity contribution < 1.29 is 9.59 Å². The number of primary amides is 1. The zero-order valence-electron chi connectivity index (χ0n) is 13.6. The van der Waals surface area contributed by atoms with Crippen LogP contribution in [-0.4, -0.2) is 21.7 Å². The molecule has 1 heterocycles. The minimum absolute atomic E-state index is 0.282. The number of amides is 3. The van der Waals surface area contributed by atoms with E-state index in [0.29, 0.717) is 16.9 Å². The summed E-state index contributed by atoms with van der Waals surface area (Å²) < 4.78 is 1.71. The van der Waals surface area contributed by atoms with Crippen LogP contribution in [0.25, 0.3) is 5.69 Å². The lowest BCUT2D eigenvalue weighted by molar-refractivity contribution is 0.102. The van der Waals surface area contributed by atoms with Gasteiger partial charge in [0.1, 0.15) is 0 Å². The lowest BCUT2D eigenvalue weighted by Gasteiger charge is -2.08. The SMILES string of the molecule is Cc1c(C(=O)Nc2cccc(NC(N)=O)c2)cnn1-c1ccccc1.